The first kappa shape index (κ1) is 15.2. The highest BCUT2D eigenvalue weighted by Crippen LogP contribution is 2.26. The number of rotatable bonds is 3. The molecule has 3 rings (SSSR count). The average molecular weight is 363 g/mol. The van der Waals surface area contributed by atoms with Crippen LogP contribution in [0.4, 0.5) is 11.4 Å². The second kappa shape index (κ2) is 6.57. The topological polar surface area (TPSA) is 45.5 Å². The van der Waals surface area contributed by atoms with Crippen LogP contribution < -0.4 is 10.2 Å². The van der Waals surface area contributed by atoms with Gasteiger partial charge in [-0.05, 0) is 78.5 Å². The van der Waals surface area contributed by atoms with Crippen molar-refractivity contribution in [2.45, 2.75) is 32.2 Å². The van der Waals surface area contributed by atoms with E-state index in [2.05, 4.69) is 45.2 Å². The molecular formula is C17H19BrN2O2. The average Bonchev–Trinajstić information content (AvgIpc) is 2.95. The number of anilines is 2. The van der Waals surface area contributed by atoms with E-state index >= 15 is 0 Å². The van der Waals surface area contributed by atoms with Gasteiger partial charge in [0.15, 0.2) is 10.4 Å². The van der Waals surface area contributed by atoms with Crippen LogP contribution in [-0.4, -0.2) is 18.5 Å². The maximum atomic E-state index is 12.0. The number of nitrogens with one attached hydrogen (secondary N) is 1. The molecule has 1 aliphatic heterocycles. The first-order valence-electron chi connectivity index (χ1n) is 7.57. The molecule has 2 heterocycles. The predicted octanol–water partition coefficient (Wildman–Crippen LogP) is 4.67. The zero-order valence-corrected chi connectivity index (χ0v) is 14.1. The highest BCUT2D eigenvalue weighted by Gasteiger charge is 2.18. The van der Waals surface area contributed by atoms with Crippen molar-refractivity contribution in [3.63, 3.8) is 0 Å². The van der Waals surface area contributed by atoms with Crippen molar-refractivity contribution in [2.24, 2.45) is 0 Å². The summed E-state index contributed by atoms with van der Waals surface area (Å²) in [6, 6.07) is 11.9. The van der Waals surface area contributed by atoms with Crippen LogP contribution in [0, 0.1) is 0 Å². The van der Waals surface area contributed by atoms with Crippen LogP contribution in [0.3, 0.4) is 0 Å². The molecule has 1 saturated heterocycles. The smallest absolute Gasteiger partial charge is 0.291 e. The van der Waals surface area contributed by atoms with Gasteiger partial charge in [-0.2, -0.15) is 0 Å². The molecule has 2 aromatic rings. The molecule has 1 aromatic carbocycles. The zero-order chi connectivity index (χ0) is 15.5. The lowest BCUT2D eigenvalue weighted by molar-refractivity contribution is 0.0995. The Kier molecular flexibility index (Phi) is 4.52. The quantitative estimate of drug-likeness (QED) is 0.862. The summed E-state index contributed by atoms with van der Waals surface area (Å²) in [5.41, 5.74) is 1.98. The van der Waals surface area contributed by atoms with E-state index < -0.39 is 0 Å². The highest BCUT2D eigenvalue weighted by atomic mass is 79.9. The number of halogens is 1. The molecule has 1 N–H and O–H groups in total. The van der Waals surface area contributed by atoms with E-state index in [1.54, 1.807) is 12.1 Å². The number of benzene rings is 1. The number of carbonyl (C=O) groups is 1. The molecule has 0 bridgehead atoms. The van der Waals surface area contributed by atoms with Crippen molar-refractivity contribution in [2.75, 3.05) is 16.8 Å². The predicted molar refractivity (Wildman–Crippen MR) is 91.5 cm³/mol. The second-order valence-electron chi connectivity index (χ2n) is 5.64. The molecule has 0 saturated carbocycles. The van der Waals surface area contributed by atoms with Crippen molar-refractivity contribution in [1.29, 1.82) is 0 Å². The Labute approximate surface area is 138 Å². The maximum Gasteiger partial charge on any atom is 0.291 e. The van der Waals surface area contributed by atoms with Crippen LogP contribution in [-0.2, 0) is 0 Å². The van der Waals surface area contributed by atoms with Crippen LogP contribution in [0.5, 0.6) is 0 Å². The number of carbonyl (C=O) groups excluding carboxylic acids is 1. The minimum absolute atomic E-state index is 0.246. The standard InChI is InChI=1S/C17H19BrN2O2/c1-12-4-2-3-11-20(12)14-7-5-13(6-8-14)19-17(21)15-9-10-16(18)22-15/h5-10,12H,2-4,11H2,1H3,(H,19,21)/t12-/m1/s1. The first-order chi connectivity index (χ1) is 10.6. The molecule has 116 valence electrons. The number of piperidine rings is 1. The minimum atomic E-state index is -0.246. The first-order valence-corrected chi connectivity index (χ1v) is 8.36. The Bertz CT molecular complexity index is 651. The van der Waals surface area contributed by atoms with Crippen LogP contribution >= 0.6 is 15.9 Å². The third kappa shape index (κ3) is 3.35. The summed E-state index contributed by atoms with van der Waals surface area (Å²) in [6.45, 7) is 3.37. The number of hydrogen-bond acceptors (Lipinski definition) is 3. The number of hydrogen-bond donors (Lipinski definition) is 1. The van der Waals surface area contributed by atoms with E-state index in [1.165, 1.54) is 24.9 Å². The van der Waals surface area contributed by atoms with Gasteiger partial charge in [0, 0.05) is 24.0 Å². The van der Waals surface area contributed by atoms with Crippen molar-refractivity contribution < 1.29 is 9.21 Å². The molecule has 22 heavy (non-hydrogen) atoms. The summed E-state index contributed by atoms with van der Waals surface area (Å²) in [5, 5.41) is 2.84. The normalized spacial score (nSPS) is 18.3. The summed E-state index contributed by atoms with van der Waals surface area (Å²) < 4.78 is 5.80. The highest BCUT2D eigenvalue weighted by molar-refractivity contribution is 9.10. The van der Waals surface area contributed by atoms with Gasteiger partial charge in [-0.3, -0.25) is 4.79 Å². The molecular weight excluding hydrogens is 344 g/mol. The fourth-order valence-corrected chi connectivity index (χ4v) is 3.15. The summed E-state index contributed by atoms with van der Waals surface area (Å²) in [4.78, 5) is 14.5. The molecule has 1 atom stereocenters. The van der Waals surface area contributed by atoms with E-state index in [0.29, 0.717) is 16.5 Å². The van der Waals surface area contributed by atoms with Gasteiger partial charge in [0.25, 0.3) is 5.91 Å². The third-order valence-electron chi connectivity index (χ3n) is 4.06. The largest absolute Gasteiger partial charge is 0.444 e. The van der Waals surface area contributed by atoms with Crippen molar-refractivity contribution in [3.8, 4) is 0 Å². The zero-order valence-electron chi connectivity index (χ0n) is 12.5. The SMILES string of the molecule is C[C@@H]1CCCCN1c1ccc(NC(=O)c2ccc(Br)o2)cc1. The molecule has 0 unspecified atom stereocenters. The molecule has 4 nitrogen and oxygen atoms in total. The Balaban J connectivity index is 1.67. The van der Waals surface area contributed by atoms with Gasteiger partial charge in [0.1, 0.15) is 0 Å². The summed E-state index contributed by atoms with van der Waals surface area (Å²) in [6.07, 6.45) is 3.80. The minimum Gasteiger partial charge on any atom is -0.444 e. The van der Waals surface area contributed by atoms with Crippen molar-refractivity contribution >= 4 is 33.2 Å². The van der Waals surface area contributed by atoms with E-state index in [4.69, 9.17) is 4.42 Å². The third-order valence-corrected chi connectivity index (χ3v) is 4.48. The Hall–Kier alpha value is -1.75. The van der Waals surface area contributed by atoms with Gasteiger partial charge in [-0.1, -0.05) is 0 Å². The van der Waals surface area contributed by atoms with Crippen molar-refractivity contribution in [3.05, 3.63) is 46.8 Å². The van der Waals surface area contributed by atoms with Gasteiger partial charge >= 0.3 is 0 Å². The molecule has 1 fully saturated rings. The fraction of sp³-hybridized carbons (Fsp3) is 0.353. The van der Waals surface area contributed by atoms with Crippen LogP contribution in [0.2, 0.25) is 0 Å². The second-order valence-corrected chi connectivity index (χ2v) is 6.42. The van der Waals surface area contributed by atoms with Gasteiger partial charge < -0.3 is 14.6 Å². The van der Waals surface area contributed by atoms with Crippen LogP contribution in [0.25, 0.3) is 0 Å². The van der Waals surface area contributed by atoms with Crippen molar-refractivity contribution in [1.82, 2.24) is 0 Å². The molecule has 0 spiro atoms. The summed E-state index contributed by atoms with van der Waals surface area (Å²) in [5.74, 6) is 0.0467. The number of furan rings is 1. The molecule has 5 heteroatoms. The van der Waals surface area contributed by atoms with Crippen LogP contribution in [0.1, 0.15) is 36.7 Å². The summed E-state index contributed by atoms with van der Waals surface area (Å²) >= 11 is 3.19. The van der Waals surface area contributed by atoms with E-state index in [9.17, 15) is 4.79 Å². The van der Waals surface area contributed by atoms with E-state index in [1.807, 2.05) is 12.1 Å². The molecule has 0 radical (unpaired) electrons. The lowest BCUT2D eigenvalue weighted by Gasteiger charge is -2.35. The lowest BCUT2D eigenvalue weighted by atomic mass is 10.0. The Morgan fingerprint density at radius 3 is 2.64 bits per heavy atom. The Morgan fingerprint density at radius 2 is 2.00 bits per heavy atom. The van der Waals surface area contributed by atoms with Gasteiger partial charge in [0.2, 0.25) is 0 Å². The number of amides is 1. The molecule has 0 aliphatic carbocycles. The Morgan fingerprint density at radius 1 is 1.23 bits per heavy atom. The molecule has 1 aromatic heterocycles. The molecule has 1 aliphatic rings. The fourth-order valence-electron chi connectivity index (χ4n) is 2.85. The monoisotopic (exact) mass is 362 g/mol. The van der Waals surface area contributed by atoms with Gasteiger partial charge in [-0.15, -0.1) is 0 Å². The lowest BCUT2D eigenvalue weighted by Crippen LogP contribution is -2.37. The number of nitrogens with zero attached hydrogens (tertiary/aromatic N) is 1. The van der Waals surface area contributed by atoms with Gasteiger partial charge in [-0.25, -0.2) is 0 Å². The summed E-state index contributed by atoms with van der Waals surface area (Å²) in [7, 11) is 0. The maximum absolute atomic E-state index is 12.0. The molecule has 1 amide bonds. The van der Waals surface area contributed by atoms with Crippen LogP contribution in [0.15, 0.2) is 45.5 Å². The van der Waals surface area contributed by atoms with Gasteiger partial charge in [0.05, 0.1) is 0 Å². The van der Waals surface area contributed by atoms with E-state index in [-0.39, 0.29) is 5.91 Å². The van der Waals surface area contributed by atoms with E-state index in [0.717, 1.165) is 12.2 Å².